The van der Waals surface area contributed by atoms with E-state index in [1.54, 1.807) is 18.0 Å². The molecule has 0 spiro atoms. The van der Waals surface area contributed by atoms with Crippen molar-refractivity contribution in [2.45, 2.75) is 31.2 Å². The molecule has 1 aliphatic rings. The number of amides is 1. The summed E-state index contributed by atoms with van der Waals surface area (Å²) < 4.78 is 5.70. The Bertz CT molecular complexity index is 739. The van der Waals surface area contributed by atoms with Crippen molar-refractivity contribution in [1.82, 2.24) is 10.3 Å². The predicted molar refractivity (Wildman–Crippen MR) is 95.3 cm³/mol. The minimum Gasteiger partial charge on any atom is -0.479 e. The van der Waals surface area contributed by atoms with Gasteiger partial charge in [-0.3, -0.25) is 4.79 Å². The zero-order chi connectivity index (χ0) is 17.7. The fourth-order valence-corrected chi connectivity index (χ4v) is 4.10. The van der Waals surface area contributed by atoms with Crippen molar-refractivity contribution in [1.29, 1.82) is 0 Å². The Morgan fingerprint density at radius 3 is 2.80 bits per heavy atom. The molecule has 0 saturated carbocycles. The number of aliphatic carboxylic acids is 1. The maximum atomic E-state index is 12.1. The van der Waals surface area contributed by atoms with Gasteiger partial charge in [-0.2, -0.15) is 11.8 Å². The summed E-state index contributed by atoms with van der Waals surface area (Å²) in [6.07, 6.45) is 3.50. The van der Waals surface area contributed by atoms with Gasteiger partial charge in [-0.25, -0.2) is 9.78 Å². The van der Waals surface area contributed by atoms with E-state index in [0.717, 1.165) is 11.3 Å². The molecular formula is C18H20N2O4S. The minimum atomic E-state index is -1.11. The summed E-state index contributed by atoms with van der Waals surface area (Å²) in [5.74, 6) is 1.27. The highest BCUT2D eigenvalue weighted by atomic mass is 32.2. The van der Waals surface area contributed by atoms with Crippen molar-refractivity contribution >= 4 is 23.6 Å². The van der Waals surface area contributed by atoms with Gasteiger partial charge in [0.2, 0.25) is 5.91 Å². The van der Waals surface area contributed by atoms with Crippen LogP contribution in [-0.2, 0) is 16.0 Å². The van der Waals surface area contributed by atoms with Gasteiger partial charge in [0, 0.05) is 24.2 Å². The van der Waals surface area contributed by atoms with Gasteiger partial charge in [0.1, 0.15) is 5.54 Å². The Kier molecular flexibility index (Phi) is 5.43. The van der Waals surface area contributed by atoms with E-state index in [-0.39, 0.29) is 12.3 Å². The number of aromatic nitrogens is 1. The van der Waals surface area contributed by atoms with E-state index < -0.39 is 11.5 Å². The van der Waals surface area contributed by atoms with Crippen LogP contribution in [0.5, 0.6) is 0 Å². The molecule has 3 rings (SSSR count). The Morgan fingerprint density at radius 2 is 2.12 bits per heavy atom. The van der Waals surface area contributed by atoms with Crippen molar-refractivity contribution < 1.29 is 19.1 Å². The number of nitrogens with zero attached hydrogens (tertiary/aromatic N) is 1. The molecule has 1 aromatic carbocycles. The zero-order valence-electron chi connectivity index (χ0n) is 13.7. The van der Waals surface area contributed by atoms with Crippen LogP contribution in [0, 0.1) is 0 Å². The van der Waals surface area contributed by atoms with Crippen molar-refractivity contribution in [3.05, 3.63) is 42.4 Å². The predicted octanol–water partition coefficient (Wildman–Crippen LogP) is 2.74. The number of hydrogen-bond donors (Lipinski definition) is 2. The summed E-state index contributed by atoms with van der Waals surface area (Å²) >= 11 is 1.55. The molecule has 2 N–H and O–H groups in total. The summed E-state index contributed by atoms with van der Waals surface area (Å²) in [4.78, 5) is 27.8. The van der Waals surface area contributed by atoms with Crippen LogP contribution in [0.2, 0.25) is 0 Å². The second-order valence-electron chi connectivity index (χ2n) is 6.08. The van der Waals surface area contributed by atoms with Gasteiger partial charge in [0.15, 0.2) is 11.7 Å². The maximum absolute atomic E-state index is 12.1. The molecule has 2 aromatic rings. The molecule has 1 aromatic heterocycles. The first kappa shape index (κ1) is 17.5. The van der Waals surface area contributed by atoms with Gasteiger partial charge >= 0.3 is 5.97 Å². The lowest BCUT2D eigenvalue weighted by atomic mass is 9.99. The highest BCUT2D eigenvalue weighted by Gasteiger charge is 2.43. The summed E-state index contributed by atoms with van der Waals surface area (Å²) in [6, 6.07) is 9.69. The summed E-state index contributed by atoms with van der Waals surface area (Å²) in [7, 11) is 0. The van der Waals surface area contributed by atoms with Crippen molar-refractivity contribution in [2.24, 2.45) is 0 Å². The average Bonchev–Trinajstić information content (AvgIpc) is 3.26. The molecule has 1 aliphatic heterocycles. The van der Waals surface area contributed by atoms with Crippen LogP contribution < -0.4 is 5.32 Å². The zero-order valence-corrected chi connectivity index (χ0v) is 14.6. The number of aryl methyl sites for hydroxylation is 1. The Hall–Kier alpha value is -2.28. The van der Waals surface area contributed by atoms with Crippen LogP contribution in [0.1, 0.15) is 25.2 Å². The van der Waals surface area contributed by atoms with E-state index in [9.17, 15) is 14.7 Å². The van der Waals surface area contributed by atoms with Crippen LogP contribution in [-0.4, -0.2) is 39.0 Å². The van der Waals surface area contributed by atoms with Crippen LogP contribution >= 0.6 is 11.8 Å². The average molecular weight is 360 g/mol. The number of hydrogen-bond acceptors (Lipinski definition) is 5. The monoisotopic (exact) mass is 360 g/mol. The largest absolute Gasteiger partial charge is 0.479 e. The normalized spacial score (nSPS) is 19.7. The number of carboxylic acids is 1. The molecule has 1 atom stereocenters. The van der Waals surface area contributed by atoms with E-state index in [2.05, 4.69) is 10.3 Å². The third-order valence-corrected chi connectivity index (χ3v) is 5.41. The Labute approximate surface area is 150 Å². The van der Waals surface area contributed by atoms with Gasteiger partial charge < -0.3 is 14.8 Å². The lowest BCUT2D eigenvalue weighted by molar-refractivity contribution is -0.146. The Morgan fingerprint density at radius 1 is 1.32 bits per heavy atom. The van der Waals surface area contributed by atoms with E-state index in [0.29, 0.717) is 36.7 Å². The topological polar surface area (TPSA) is 92.4 Å². The molecule has 2 heterocycles. The van der Waals surface area contributed by atoms with Crippen LogP contribution in [0.15, 0.2) is 40.9 Å². The molecule has 0 radical (unpaired) electrons. The first-order chi connectivity index (χ1) is 12.1. The quantitative estimate of drug-likeness (QED) is 0.789. The second-order valence-corrected chi connectivity index (χ2v) is 7.18. The van der Waals surface area contributed by atoms with Crippen molar-refractivity contribution in [2.75, 3.05) is 11.5 Å². The third-order valence-electron chi connectivity index (χ3n) is 4.22. The highest BCUT2D eigenvalue weighted by Crippen LogP contribution is 2.28. The second kappa shape index (κ2) is 7.74. The molecular weight excluding hydrogens is 340 g/mol. The number of benzene rings is 1. The molecule has 25 heavy (non-hydrogen) atoms. The molecule has 132 valence electrons. The molecule has 1 amide bonds. The van der Waals surface area contributed by atoms with Gasteiger partial charge in [0.05, 0.1) is 6.20 Å². The SMILES string of the molecule is O=C(CCCc1ncc(-c2ccccc2)o1)NC1(C(=O)O)CCSC1. The van der Waals surface area contributed by atoms with E-state index in [4.69, 9.17) is 4.42 Å². The number of thioether (sulfide) groups is 1. The van der Waals surface area contributed by atoms with Crippen LogP contribution in [0.3, 0.4) is 0 Å². The van der Waals surface area contributed by atoms with Gasteiger partial charge in [-0.15, -0.1) is 0 Å². The Balaban J connectivity index is 1.49. The lowest BCUT2D eigenvalue weighted by Crippen LogP contribution is -2.54. The summed E-state index contributed by atoms with van der Waals surface area (Å²) in [5, 5.41) is 12.1. The van der Waals surface area contributed by atoms with E-state index >= 15 is 0 Å². The van der Waals surface area contributed by atoms with E-state index in [1.807, 2.05) is 30.3 Å². The van der Waals surface area contributed by atoms with Gasteiger partial charge in [-0.1, -0.05) is 30.3 Å². The first-order valence-electron chi connectivity index (χ1n) is 8.21. The fourth-order valence-electron chi connectivity index (χ4n) is 2.78. The summed E-state index contributed by atoms with van der Waals surface area (Å²) in [5.41, 5.74) is -0.147. The standard InChI is InChI=1S/C18H20N2O4S/c21-15(20-18(17(22)23)9-10-25-12-18)7-4-8-16-19-11-14(24-16)13-5-2-1-3-6-13/h1-3,5-6,11H,4,7-10,12H2,(H,20,21)(H,22,23). The van der Waals surface area contributed by atoms with E-state index in [1.165, 1.54) is 0 Å². The number of carbonyl (C=O) groups is 2. The fraction of sp³-hybridized carbons (Fsp3) is 0.389. The maximum Gasteiger partial charge on any atom is 0.330 e. The smallest absolute Gasteiger partial charge is 0.330 e. The number of nitrogens with one attached hydrogen (secondary N) is 1. The number of carboxylic acid groups (broad SMARTS) is 1. The number of carbonyl (C=O) groups excluding carboxylic acids is 1. The van der Waals surface area contributed by atoms with Gasteiger partial charge in [-0.05, 0) is 18.6 Å². The first-order valence-corrected chi connectivity index (χ1v) is 9.37. The molecule has 1 saturated heterocycles. The highest BCUT2D eigenvalue weighted by molar-refractivity contribution is 7.99. The van der Waals surface area contributed by atoms with Gasteiger partial charge in [0.25, 0.3) is 0 Å². The number of oxazole rings is 1. The number of rotatable bonds is 7. The lowest BCUT2D eigenvalue weighted by Gasteiger charge is -2.24. The minimum absolute atomic E-state index is 0.236. The third kappa shape index (κ3) is 4.22. The molecule has 1 unspecified atom stereocenters. The summed E-state index contributed by atoms with van der Waals surface area (Å²) in [6.45, 7) is 0. The van der Waals surface area contributed by atoms with Crippen LogP contribution in [0.25, 0.3) is 11.3 Å². The molecule has 1 fully saturated rings. The van der Waals surface area contributed by atoms with Crippen molar-refractivity contribution in [3.63, 3.8) is 0 Å². The molecule has 0 bridgehead atoms. The van der Waals surface area contributed by atoms with Crippen LogP contribution in [0.4, 0.5) is 0 Å². The van der Waals surface area contributed by atoms with Crippen molar-refractivity contribution in [3.8, 4) is 11.3 Å². The molecule has 7 heteroatoms. The molecule has 6 nitrogen and oxygen atoms in total. The molecule has 0 aliphatic carbocycles.